The Balaban J connectivity index is 1.69. The second kappa shape index (κ2) is 6.22. The van der Waals surface area contributed by atoms with E-state index in [-0.39, 0.29) is 0 Å². The van der Waals surface area contributed by atoms with Gasteiger partial charge in [0, 0.05) is 6.54 Å². The minimum Gasteiger partial charge on any atom is -0.494 e. The topological polar surface area (TPSA) is 27.1 Å². The summed E-state index contributed by atoms with van der Waals surface area (Å²) < 4.78 is 8.05. The lowest BCUT2D eigenvalue weighted by Gasteiger charge is -2.09. The molecule has 2 aromatic carbocycles. The Morgan fingerprint density at radius 2 is 1.73 bits per heavy atom. The summed E-state index contributed by atoms with van der Waals surface area (Å²) in [5, 5.41) is 0. The first-order chi connectivity index (χ1) is 10.6. The van der Waals surface area contributed by atoms with Crippen molar-refractivity contribution in [1.29, 1.82) is 0 Å². The van der Waals surface area contributed by atoms with Crippen LogP contribution in [0.25, 0.3) is 11.0 Å². The van der Waals surface area contributed by atoms with Gasteiger partial charge >= 0.3 is 0 Å². The molecule has 0 saturated heterocycles. The molecule has 114 valence electrons. The van der Waals surface area contributed by atoms with Crippen LogP contribution in [0.1, 0.15) is 23.4 Å². The second-order valence-electron chi connectivity index (χ2n) is 5.75. The molecule has 0 aliphatic rings. The molecule has 0 aliphatic carbocycles. The number of imidazole rings is 1. The molecule has 0 amide bonds. The van der Waals surface area contributed by atoms with Crippen LogP contribution in [0, 0.1) is 20.8 Å². The van der Waals surface area contributed by atoms with E-state index >= 15 is 0 Å². The monoisotopic (exact) mass is 294 g/mol. The van der Waals surface area contributed by atoms with Gasteiger partial charge < -0.3 is 9.30 Å². The van der Waals surface area contributed by atoms with Crippen LogP contribution in [0.4, 0.5) is 0 Å². The van der Waals surface area contributed by atoms with E-state index in [2.05, 4.69) is 42.5 Å². The quantitative estimate of drug-likeness (QED) is 0.651. The first-order valence-electron chi connectivity index (χ1n) is 7.77. The van der Waals surface area contributed by atoms with E-state index in [1.165, 1.54) is 16.6 Å². The van der Waals surface area contributed by atoms with Gasteiger partial charge in [0.25, 0.3) is 0 Å². The molecule has 0 aliphatic heterocycles. The van der Waals surface area contributed by atoms with Gasteiger partial charge in [-0.15, -0.1) is 0 Å². The van der Waals surface area contributed by atoms with Crippen LogP contribution >= 0.6 is 0 Å². The standard InChI is InChI=1S/C19H22N2O/c1-14-12-18-19(13-15(14)2)21(16(3)20-18)10-7-11-22-17-8-5-4-6-9-17/h4-6,8-9,12-13H,7,10-11H2,1-3H3. The van der Waals surface area contributed by atoms with Gasteiger partial charge in [0.15, 0.2) is 0 Å². The molecule has 3 nitrogen and oxygen atoms in total. The van der Waals surface area contributed by atoms with Crippen LogP contribution < -0.4 is 4.74 Å². The number of ether oxygens (including phenoxy) is 1. The number of rotatable bonds is 5. The maximum atomic E-state index is 5.77. The lowest BCUT2D eigenvalue weighted by atomic mass is 10.1. The predicted octanol–water partition coefficient (Wildman–Crippen LogP) is 4.43. The Hall–Kier alpha value is -2.29. The third-order valence-electron chi connectivity index (χ3n) is 4.09. The Morgan fingerprint density at radius 3 is 2.50 bits per heavy atom. The Kier molecular flexibility index (Phi) is 4.14. The first-order valence-corrected chi connectivity index (χ1v) is 7.77. The molecule has 1 heterocycles. The van der Waals surface area contributed by atoms with Crippen molar-refractivity contribution in [1.82, 2.24) is 9.55 Å². The van der Waals surface area contributed by atoms with Gasteiger partial charge in [-0.3, -0.25) is 0 Å². The number of aromatic nitrogens is 2. The number of hydrogen-bond acceptors (Lipinski definition) is 2. The zero-order valence-electron chi connectivity index (χ0n) is 13.5. The van der Waals surface area contributed by atoms with Crippen molar-refractivity contribution < 1.29 is 4.74 Å². The van der Waals surface area contributed by atoms with Crippen molar-refractivity contribution in [2.75, 3.05) is 6.61 Å². The average molecular weight is 294 g/mol. The van der Waals surface area contributed by atoms with Gasteiger partial charge in [0.2, 0.25) is 0 Å². The Bertz CT molecular complexity index is 775. The summed E-state index contributed by atoms with van der Waals surface area (Å²) in [5.74, 6) is 2.00. The molecule has 22 heavy (non-hydrogen) atoms. The molecule has 0 spiro atoms. The molecule has 0 unspecified atom stereocenters. The molecule has 3 rings (SSSR count). The molecule has 3 aromatic rings. The van der Waals surface area contributed by atoms with Crippen molar-refractivity contribution >= 4 is 11.0 Å². The van der Waals surface area contributed by atoms with Gasteiger partial charge in [0.05, 0.1) is 17.6 Å². The van der Waals surface area contributed by atoms with Crippen molar-refractivity contribution in [2.45, 2.75) is 33.7 Å². The zero-order chi connectivity index (χ0) is 15.5. The highest BCUT2D eigenvalue weighted by Gasteiger charge is 2.08. The fraction of sp³-hybridized carbons (Fsp3) is 0.316. The lowest BCUT2D eigenvalue weighted by Crippen LogP contribution is -2.06. The van der Waals surface area contributed by atoms with E-state index in [0.717, 1.165) is 30.1 Å². The van der Waals surface area contributed by atoms with Crippen molar-refractivity contribution in [3.05, 3.63) is 59.4 Å². The van der Waals surface area contributed by atoms with E-state index in [1.54, 1.807) is 0 Å². The van der Waals surface area contributed by atoms with Gasteiger partial charge in [-0.2, -0.15) is 0 Å². The Morgan fingerprint density at radius 1 is 1.00 bits per heavy atom. The minimum atomic E-state index is 0.716. The maximum absolute atomic E-state index is 5.77. The van der Waals surface area contributed by atoms with Crippen LogP contribution in [0.5, 0.6) is 5.75 Å². The number of aryl methyl sites for hydroxylation is 4. The summed E-state index contributed by atoms with van der Waals surface area (Å²) in [6.07, 6.45) is 0.966. The predicted molar refractivity (Wildman–Crippen MR) is 90.5 cm³/mol. The molecule has 0 N–H and O–H groups in total. The van der Waals surface area contributed by atoms with Gasteiger partial charge in [-0.05, 0) is 62.6 Å². The minimum absolute atomic E-state index is 0.716. The molecule has 3 heteroatoms. The highest BCUT2D eigenvalue weighted by Crippen LogP contribution is 2.21. The lowest BCUT2D eigenvalue weighted by molar-refractivity contribution is 0.302. The van der Waals surface area contributed by atoms with Crippen LogP contribution in [-0.4, -0.2) is 16.2 Å². The van der Waals surface area contributed by atoms with Crippen molar-refractivity contribution in [2.24, 2.45) is 0 Å². The van der Waals surface area contributed by atoms with E-state index in [1.807, 2.05) is 30.3 Å². The first kappa shape index (κ1) is 14.6. The van der Waals surface area contributed by atoms with E-state index in [4.69, 9.17) is 4.74 Å². The molecule has 0 atom stereocenters. The third kappa shape index (κ3) is 2.98. The highest BCUT2D eigenvalue weighted by atomic mass is 16.5. The third-order valence-corrected chi connectivity index (χ3v) is 4.09. The SMILES string of the molecule is Cc1cc2nc(C)n(CCCOc3ccccc3)c2cc1C. The van der Waals surface area contributed by atoms with Gasteiger partial charge in [0.1, 0.15) is 11.6 Å². The number of benzene rings is 2. The largest absolute Gasteiger partial charge is 0.494 e. The van der Waals surface area contributed by atoms with Crippen LogP contribution in [0.3, 0.4) is 0 Å². The summed E-state index contributed by atoms with van der Waals surface area (Å²) in [6, 6.07) is 14.4. The number of fused-ring (bicyclic) bond motifs is 1. The highest BCUT2D eigenvalue weighted by molar-refractivity contribution is 5.78. The van der Waals surface area contributed by atoms with Crippen LogP contribution in [0.15, 0.2) is 42.5 Å². The van der Waals surface area contributed by atoms with Gasteiger partial charge in [-0.25, -0.2) is 4.98 Å². The molecule has 0 fully saturated rings. The fourth-order valence-electron chi connectivity index (χ4n) is 2.71. The van der Waals surface area contributed by atoms with Crippen LogP contribution in [-0.2, 0) is 6.54 Å². The maximum Gasteiger partial charge on any atom is 0.119 e. The Labute approximate surface area is 131 Å². The van der Waals surface area contributed by atoms with Crippen molar-refractivity contribution in [3.8, 4) is 5.75 Å². The van der Waals surface area contributed by atoms with E-state index < -0.39 is 0 Å². The van der Waals surface area contributed by atoms with Crippen LogP contribution in [0.2, 0.25) is 0 Å². The summed E-state index contributed by atoms with van der Waals surface area (Å²) in [6.45, 7) is 8.01. The van der Waals surface area contributed by atoms with Gasteiger partial charge in [-0.1, -0.05) is 18.2 Å². The molecule has 0 bridgehead atoms. The zero-order valence-corrected chi connectivity index (χ0v) is 13.5. The summed E-state index contributed by atoms with van der Waals surface area (Å²) in [7, 11) is 0. The van der Waals surface area contributed by atoms with E-state index in [9.17, 15) is 0 Å². The average Bonchev–Trinajstić information content (AvgIpc) is 2.80. The van der Waals surface area contributed by atoms with Crippen molar-refractivity contribution in [3.63, 3.8) is 0 Å². The summed E-state index contributed by atoms with van der Waals surface area (Å²) >= 11 is 0. The van der Waals surface area contributed by atoms with E-state index in [0.29, 0.717) is 6.61 Å². The molecular weight excluding hydrogens is 272 g/mol. The number of para-hydroxylation sites is 1. The second-order valence-corrected chi connectivity index (χ2v) is 5.75. The summed E-state index contributed by atoms with van der Waals surface area (Å²) in [5.41, 5.74) is 4.92. The molecule has 1 aromatic heterocycles. The fourth-order valence-corrected chi connectivity index (χ4v) is 2.71. The number of nitrogens with zero attached hydrogens (tertiary/aromatic N) is 2. The smallest absolute Gasteiger partial charge is 0.119 e. The number of hydrogen-bond donors (Lipinski definition) is 0. The normalized spacial score (nSPS) is 11.0. The summed E-state index contributed by atoms with van der Waals surface area (Å²) in [4.78, 5) is 4.67. The molecule has 0 saturated carbocycles. The molecular formula is C19H22N2O. The molecule has 0 radical (unpaired) electrons.